The van der Waals surface area contributed by atoms with E-state index in [2.05, 4.69) is 5.32 Å². The van der Waals surface area contributed by atoms with Crippen molar-refractivity contribution in [2.24, 2.45) is 0 Å². The second-order valence-electron chi connectivity index (χ2n) is 9.33. The van der Waals surface area contributed by atoms with E-state index < -0.39 is 46.1 Å². The van der Waals surface area contributed by atoms with E-state index in [9.17, 15) is 26.8 Å². The van der Waals surface area contributed by atoms with Gasteiger partial charge >= 0.3 is 0 Å². The van der Waals surface area contributed by atoms with Gasteiger partial charge in [0.1, 0.15) is 30.0 Å². The number of nitrogens with one attached hydrogen (secondary N) is 1. The molecule has 0 aliphatic rings. The summed E-state index contributed by atoms with van der Waals surface area (Å²) in [6.45, 7) is 5.07. The number of sulfonamides is 1. The molecule has 0 fully saturated rings. The van der Waals surface area contributed by atoms with E-state index in [0.717, 1.165) is 34.2 Å². The lowest BCUT2D eigenvalue weighted by Gasteiger charge is -2.32. The Hall–Kier alpha value is -3.99. The van der Waals surface area contributed by atoms with Crippen molar-refractivity contribution in [3.63, 3.8) is 0 Å². The number of halogens is 2. The van der Waals surface area contributed by atoms with Gasteiger partial charge in [-0.1, -0.05) is 31.5 Å². The molecule has 1 N–H and O–H groups in total. The zero-order chi connectivity index (χ0) is 30.0. The van der Waals surface area contributed by atoms with Gasteiger partial charge < -0.3 is 15.0 Å². The molecule has 41 heavy (non-hydrogen) atoms. The standard InChI is InChI=1S/C30H35F2N3O5S/c1-4-6-19-33-30(37)22(3)34(20-23-9-7-8-10-28(23)32)29(36)21-35(25-13-11-24(31)12-14-25)41(38,39)27-17-15-26(16-18-27)40-5-2/h7-18,22H,4-6,19-21H2,1-3H3,(H,33,37)/t22-/m1/s1. The van der Waals surface area contributed by atoms with Crippen molar-refractivity contribution in [1.82, 2.24) is 10.2 Å². The Balaban J connectivity index is 2.00. The number of amides is 2. The molecule has 2 amide bonds. The van der Waals surface area contributed by atoms with Crippen LogP contribution in [0.5, 0.6) is 5.75 Å². The zero-order valence-electron chi connectivity index (χ0n) is 23.3. The second-order valence-corrected chi connectivity index (χ2v) is 11.2. The molecule has 1 atom stereocenters. The Morgan fingerprint density at radius 2 is 1.61 bits per heavy atom. The van der Waals surface area contributed by atoms with E-state index >= 15 is 0 Å². The summed E-state index contributed by atoms with van der Waals surface area (Å²) in [5.41, 5.74) is 0.205. The van der Waals surface area contributed by atoms with E-state index in [1.54, 1.807) is 13.0 Å². The molecule has 8 nitrogen and oxygen atoms in total. The van der Waals surface area contributed by atoms with Crippen LogP contribution in [0.4, 0.5) is 14.5 Å². The van der Waals surface area contributed by atoms with Crippen molar-refractivity contribution in [2.45, 2.75) is 51.1 Å². The zero-order valence-corrected chi connectivity index (χ0v) is 24.2. The number of carbonyl (C=O) groups excluding carboxylic acids is 2. The van der Waals surface area contributed by atoms with Crippen molar-refractivity contribution >= 4 is 27.5 Å². The molecule has 0 saturated carbocycles. The maximum absolute atomic E-state index is 14.6. The quantitative estimate of drug-likeness (QED) is 0.271. The Bertz CT molecular complexity index is 1420. The van der Waals surface area contributed by atoms with Crippen LogP contribution in [-0.2, 0) is 26.2 Å². The van der Waals surface area contributed by atoms with E-state index in [0.29, 0.717) is 18.9 Å². The highest BCUT2D eigenvalue weighted by Gasteiger charge is 2.33. The van der Waals surface area contributed by atoms with Crippen LogP contribution in [0.1, 0.15) is 39.2 Å². The smallest absolute Gasteiger partial charge is 0.264 e. The summed E-state index contributed by atoms with van der Waals surface area (Å²) in [7, 11) is -4.34. The minimum atomic E-state index is -4.34. The fourth-order valence-corrected chi connectivity index (χ4v) is 5.48. The van der Waals surface area contributed by atoms with Crippen LogP contribution >= 0.6 is 0 Å². The van der Waals surface area contributed by atoms with Crippen molar-refractivity contribution in [3.8, 4) is 5.75 Å². The summed E-state index contributed by atoms with van der Waals surface area (Å²) in [6.07, 6.45) is 1.58. The number of ether oxygens (including phenoxy) is 1. The number of nitrogens with zero attached hydrogens (tertiary/aromatic N) is 2. The molecule has 0 heterocycles. The molecule has 0 unspecified atom stereocenters. The third kappa shape index (κ3) is 8.26. The highest BCUT2D eigenvalue weighted by molar-refractivity contribution is 7.92. The van der Waals surface area contributed by atoms with Crippen LogP contribution in [0, 0.1) is 11.6 Å². The highest BCUT2D eigenvalue weighted by atomic mass is 32.2. The van der Waals surface area contributed by atoms with Gasteiger partial charge in [0.2, 0.25) is 11.8 Å². The molecule has 0 radical (unpaired) electrons. The molecule has 0 aromatic heterocycles. The first-order valence-electron chi connectivity index (χ1n) is 13.4. The van der Waals surface area contributed by atoms with Gasteiger partial charge in [0.25, 0.3) is 10.0 Å². The van der Waals surface area contributed by atoms with Crippen LogP contribution in [0.3, 0.4) is 0 Å². The van der Waals surface area contributed by atoms with Gasteiger partial charge in [-0.15, -0.1) is 0 Å². The van der Waals surface area contributed by atoms with Crippen LogP contribution in [-0.4, -0.2) is 50.9 Å². The number of hydrogen-bond acceptors (Lipinski definition) is 5. The lowest BCUT2D eigenvalue weighted by molar-refractivity contribution is -0.139. The Kier molecular flexibility index (Phi) is 11.2. The third-order valence-electron chi connectivity index (χ3n) is 6.41. The molecular formula is C30H35F2N3O5S. The van der Waals surface area contributed by atoms with Crippen molar-refractivity contribution < 1.29 is 31.5 Å². The summed E-state index contributed by atoms with van der Waals surface area (Å²) in [5, 5.41) is 2.77. The number of benzene rings is 3. The lowest BCUT2D eigenvalue weighted by Crippen LogP contribution is -2.51. The van der Waals surface area contributed by atoms with E-state index in [1.807, 2.05) is 6.92 Å². The number of unbranched alkanes of at least 4 members (excludes halogenated alkanes) is 1. The van der Waals surface area contributed by atoms with Crippen LogP contribution in [0.2, 0.25) is 0 Å². The molecule has 11 heteroatoms. The van der Waals surface area contributed by atoms with Crippen LogP contribution < -0.4 is 14.4 Å². The lowest BCUT2D eigenvalue weighted by atomic mass is 10.1. The number of rotatable bonds is 14. The second kappa shape index (κ2) is 14.6. The molecule has 3 aromatic carbocycles. The van der Waals surface area contributed by atoms with E-state index in [4.69, 9.17) is 4.74 Å². The Labute approximate surface area is 240 Å². The van der Waals surface area contributed by atoms with Gasteiger partial charge in [0, 0.05) is 18.7 Å². The number of carbonyl (C=O) groups is 2. The molecule has 0 aliphatic heterocycles. The number of anilines is 1. The Morgan fingerprint density at radius 1 is 0.951 bits per heavy atom. The SMILES string of the molecule is CCCCNC(=O)[C@@H](C)N(Cc1ccccc1F)C(=O)CN(c1ccc(F)cc1)S(=O)(=O)c1ccc(OCC)cc1. The van der Waals surface area contributed by atoms with Gasteiger partial charge in [0.05, 0.1) is 17.2 Å². The van der Waals surface area contributed by atoms with Gasteiger partial charge in [-0.3, -0.25) is 13.9 Å². The molecule has 0 bridgehead atoms. The van der Waals surface area contributed by atoms with Gasteiger partial charge in [0.15, 0.2) is 0 Å². The average Bonchev–Trinajstić information content (AvgIpc) is 2.96. The summed E-state index contributed by atoms with van der Waals surface area (Å²) in [6, 6.07) is 15.2. The van der Waals surface area contributed by atoms with Crippen LogP contribution in [0.15, 0.2) is 77.7 Å². The molecule has 0 saturated heterocycles. The molecule has 220 valence electrons. The highest BCUT2D eigenvalue weighted by Crippen LogP contribution is 2.26. The molecule has 0 spiro atoms. The van der Waals surface area contributed by atoms with E-state index in [-0.39, 0.29) is 22.7 Å². The first kappa shape index (κ1) is 31.5. The monoisotopic (exact) mass is 587 g/mol. The predicted octanol–water partition coefficient (Wildman–Crippen LogP) is 4.89. The van der Waals surface area contributed by atoms with Crippen LogP contribution in [0.25, 0.3) is 0 Å². The van der Waals surface area contributed by atoms with Gasteiger partial charge in [-0.05, 0) is 74.9 Å². The fraction of sp³-hybridized carbons (Fsp3) is 0.333. The average molecular weight is 588 g/mol. The largest absolute Gasteiger partial charge is 0.494 e. The maximum Gasteiger partial charge on any atom is 0.264 e. The van der Waals surface area contributed by atoms with Gasteiger partial charge in [-0.2, -0.15) is 0 Å². The third-order valence-corrected chi connectivity index (χ3v) is 8.20. The molecule has 3 aromatic rings. The van der Waals surface area contributed by atoms with Crippen molar-refractivity contribution in [1.29, 1.82) is 0 Å². The molecular weight excluding hydrogens is 552 g/mol. The predicted molar refractivity (Wildman–Crippen MR) is 153 cm³/mol. The minimum absolute atomic E-state index is 0.0412. The normalized spacial score (nSPS) is 11.9. The topological polar surface area (TPSA) is 96.0 Å². The first-order chi connectivity index (χ1) is 19.6. The summed E-state index contributed by atoms with van der Waals surface area (Å²) < 4.78 is 62.2. The van der Waals surface area contributed by atoms with E-state index in [1.165, 1.54) is 61.5 Å². The minimum Gasteiger partial charge on any atom is -0.494 e. The number of hydrogen-bond donors (Lipinski definition) is 1. The fourth-order valence-electron chi connectivity index (χ4n) is 4.07. The maximum atomic E-state index is 14.6. The van der Waals surface area contributed by atoms with Crippen molar-refractivity contribution in [3.05, 3.63) is 90.0 Å². The first-order valence-corrected chi connectivity index (χ1v) is 14.8. The van der Waals surface area contributed by atoms with Crippen molar-refractivity contribution in [2.75, 3.05) is 24.0 Å². The summed E-state index contributed by atoms with van der Waals surface area (Å²) in [5.74, 6) is -1.88. The Morgan fingerprint density at radius 3 is 2.22 bits per heavy atom. The van der Waals surface area contributed by atoms with Gasteiger partial charge in [-0.25, -0.2) is 17.2 Å². The molecule has 3 rings (SSSR count). The summed E-state index contributed by atoms with van der Waals surface area (Å²) >= 11 is 0. The summed E-state index contributed by atoms with van der Waals surface area (Å²) in [4.78, 5) is 27.8. The molecule has 0 aliphatic carbocycles.